The van der Waals surface area contributed by atoms with Gasteiger partial charge in [-0.3, -0.25) is 0 Å². The standard InChI is InChI=1S/C4H4O4.6C4H9.2Sn/c5-3(6)1-2-4(7)8;6*1-3-4-2;;/h1-2H,(H,5,6)(H,7,8);6*1,3-4H2,2H3;;/b2-1-;;;;;;;;. The molecule has 0 aliphatic carbocycles. The van der Waals surface area contributed by atoms with Gasteiger partial charge in [-0.2, -0.15) is 0 Å². The van der Waals surface area contributed by atoms with Crippen LogP contribution < -0.4 is 0 Å². The molecular formula is C28H58O4Sn2. The van der Waals surface area contributed by atoms with Gasteiger partial charge in [-0.05, 0) is 0 Å². The van der Waals surface area contributed by atoms with Crippen LogP contribution in [0.4, 0.5) is 0 Å². The Morgan fingerprint density at radius 3 is 0.765 bits per heavy atom. The van der Waals surface area contributed by atoms with Gasteiger partial charge in [0, 0.05) is 12.2 Å². The summed E-state index contributed by atoms with van der Waals surface area (Å²) in [6.07, 6.45) is 18.8. The summed E-state index contributed by atoms with van der Waals surface area (Å²) in [6.45, 7) is 14.0. The number of carboxylic acid groups (broad SMARTS) is 2. The van der Waals surface area contributed by atoms with Crippen molar-refractivity contribution >= 4 is 51.5 Å². The molecule has 202 valence electrons. The van der Waals surface area contributed by atoms with E-state index in [-0.39, 0.29) is 0 Å². The van der Waals surface area contributed by atoms with E-state index in [4.69, 9.17) is 10.2 Å². The van der Waals surface area contributed by atoms with Crippen molar-refractivity contribution in [2.24, 2.45) is 0 Å². The molecule has 34 heavy (non-hydrogen) atoms. The van der Waals surface area contributed by atoms with Crippen molar-refractivity contribution in [3.05, 3.63) is 12.2 Å². The molecule has 0 aromatic heterocycles. The van der Waals surface area contributed by atoms with Crippen molar-refractivity contribution in [3.63, 3.8) is 0 Å². The van der Waals surface area contributed by atoms with Gasteiger partial charge in [-0.15, -0.1) is 0 Å². The molecule has 0 aliphatic heterocycles. The molecule has 0 rings (SSSR count). The molecule has 4 nitrogen and oxygen atoms in total. The number of unbranched alkanes of at least 4 members (excludes halogenated alkanes) is 6. The fraction of sp³-hybridized carbons (Fsp3) is 0.857. The Morgan fingerprint density at radius 2 is 0.647 bits per heavy atom. The first kappa shape index (κ1) is 38.8. The normalized spacial score (nSPS) is 10.7. The van der Waals surface area contributed by atoms with Crippen LogP contribution in [0.5, 0.6) is 0 Å². The van der Waals surface area contributed by atoms with Gasteiger partial charge in [0.05, 0.1) is 0 Å². The predicted octanol–water partition coefficient (Wildman–Crippen LogP) is 9.47. The Labute approximate surface area is 227 Å². The molecule has 0 unspecified atom stereocenters. The second-order valence-corrected chi connectivity index (χ2v) is 26.3. The Bertz CT molecular complexity index is 378. The van der Waals surface area contributed by atoms with Gasteiger partial charge in [0.1, 0.15) is 0 Å². The second-order valence-electron chi connectivity index (χ2n) is 9.13. The van der Waals surface area contributed by atoms with Crippen LogP contribution in [-0.2, 0) is 9.59 Å². The first-order chi connectivity index (χ1) is 16.3. The van der Waals surface area contributed by atoms with Crippen LogP contribution in [0.25, 0.3) is 0 Å². The first-order valence-electron chi connectivity index (χ1n) is 14.1. The molecular weight excluding hydrogens is 638 g/mol. The van der Waals surface area contributed by atoms with Crippen LogP contribution >= 0.6 is 0 Å². The van der Waals surface area contributed by atoms with Gasteiger partial charge < -0.3 is 10.2 Å². The molecule has 0 amide bonds. The zero-order valence-electron chi connectivity index (χ0n) is 23.6. The topological polar surface area (TPSA) is 74.6 Å². The average Bonchev–Trinajstić information content (AvgIpc) is 2.82. The van der Waals surface area contributed by atoms with Crippen molar-refractivity contribution < 1.29 is 19.8 Å². The Hall–Kier alpha value is 0.277. The van der Waals surface area contributed by atoms with Gasteiger partial charge in [-0.25, -0.2) is 9.59 Å². The van der Waals surface area contributed by atoms with E-state index in [1.54, 1.807) is 26.6 Å². The number of carbonyl (C=O) groups is 2. The van der Waals surface area contributed by atoms with Crippen LogP contribution in [0.1, 0.15) is 119 Å². The van der Waals surface area contributed by atoms with Crippen LogP contribution in [0.3, 0.4) is 0 Å². The zero-order valence-corrected chi connectivity index (χ0v) is 29.3. The maximum atomic E-state index is 9.55. The molecule has 0 saturated carbocycles. The maximum Gasteiger partial charge on any atom is 0.328 e. The number of hydrogen-bond donors (Lipinski definition) is 2. The number of aliphatic carboxylic acids is 2. The molecule has 0 spiro atoms. The van der Waals surface area contributed by atoms with Gasteiger partial charge in [0.25, 0.3) is 0 Å². The summed E-state index contributed by atoms with van der Waals surface area (Å²) in [5, 5.41) is 15.6. The molecule has 0 saturated heterocycles. The number of carboxylic acids is 2. The number of rotatable bonds is 20. The smallest absolute Gasteiger partial charge is 0.328 e. The first-order valence-corrected chi connectivity index (χ1v) is 26.2. The van der Waals surface area contributed by atoms with Gasteiger partial charge in [-0.1, -0.05) is 0 Å². The van der Waals surface area contributed by atoms with E-state index in [2.05, 4.69) is 41.5 Å². The van der Waals surface area contributed by atoms with E-state index in [1.807, 2.05) is 0 Å². The molecule has 0 fully saturated rings. The van der Waals surface area contributed by atoms with E-state index < -0.39 is 51.5 Å². The van der Waals surface area contributed by atoms with Crippen LogP contribution in [0.15, 0.2) is 12.2 Å². The monoisotopic (exact) mass is 698 g/mol. The van der Waals surface area contributed by atoms with Crippen molar-refractivity contribution in [1.82, 2.24) is 0 Å². The average molecular weight is 696 g/mol. The van der Waals surface area contributed by atoms with E-state index in [0.29, 0.717) is 12.2 Å². The third-order valence-corrected chi connectivity index (χ3v) is 23.8. The summed E-state index contributed by atoms with van der Waals surface area (Å²) in [6, 6.07) is 0. The quantitative estimate of drug-likeness (QED) is 0.0983. The minimum atomic E-state index is -1.26. The largest absolute Gasteiger partial charge is 0.478 e. The van der Waals surface area contributed by atoms with Gasteiger partial charge in [0.2, 0.25) is 0 Å². The SMILES string of the molecule is CCC[CH2][Sn]([CH2]CCC)[CH2]CCC.CCC[CH2][Sn]([CH2]CCC)[CH2]CCC.O=C(O)/C=C\C(=O)O. The van der Waals surface area contributed by atoms with Crippen LogP contribution in [0.2, 0.25) is 26.6 Å². The van der Waals surface area contributed by atoms with Crippen molar-refractivity contribution in [1.29, 1.82) is 0 Å². The summed E-state index contributed by atoms with van der Waals surface area (Å²) in [5.74, 6) is -2.51. The van der Waals surface area contributed by atoms with Crippen molar-refractivity contribution in [3.8, 4) is 0 Å². The molecule has 2 radical (unpaired) electrons. The fourth-order valence-electron chi connectivity index (χ4n) is 3.45. The second kappa shape index (κ2) is 33.3. The summed E-state index contributed by atoms with van der Waals surface area (Å²) in [4.78, 5) is 19.1. The summed E-state index contributed by atoms with van der Waals surface area (Å²) < 4.78 is 10.1. The fourth-order valence-corrected chi connectivity index (χ4v) is 22.4. The molecule has 0 aromatic rings. The Balaban J connectivity index is -0.000000438. The molecule has 6 heteroatoms. The Kier molecular flexibility index (Phi) is 38.0. The summed E-state index contributed by atoms with van der Waals surface area (Å²) in [5.41, 5.74) is 0. The van der Waals surface area contributed by atoms with Gasteiger partial charge in [0.15, 0.2) is 0 Å². The van der Waals surface area contributed by atoms with E-state index >= 15 is 0 Å². The molecule has 0 atom stereocenters. The van der Waals surface area contributed by atoms with Gasteiger partial charge >= 0.3 is 197 Å². The maximum absolute atomic E-state index is 9.55. The molecule has 0 aliphatic rings. The zero-order chi connectivity index (χ0) is 26.5. The summed E-state index contributed by atoms with van der Waals surface area (Å²) >= 11 is -1.68. The van der Waals surface area contributed by atoms with E-state index in [1.165, 1.54) is 77.0 Å². The third-order valence-electron chi connectivity index (χ3n) is 5.67. The van der Waals surface area contributed by atoms with Crippen LogP contribution in [-0.4, -0.2) is 61.7 Å². The minimum Gasteiger partial charge on any atom is -0.478 e. The number of hydrogen-bond acceptors (Lipinski definition) is 2. The van der Waals surface area contributed by atoms with Crippen molar-refractivity contribution in [2.45, 2.75) is 145 Å². The minimum absolute atomic E-state index is 0.558. The van der Waals surface area contributed by atoms with Crippen molar-refractivity contribution in [2.75, 3.05) is 0 Å². The summed E-state index contributed by atoms with van der Waals surface area (Å²) in [7, 11) is 0. The molecule has 0 heterocycles. The molecule has 0 aromatic carbocycles. The van der Waals surface area contributed by atoms with E-state index in [0.717, 1.165) is 0 Å². The Morgan fingerprint density at radius 1 is 0.471 bits per heavy atom. The molecule has 2 N–H and O–H groups in total. The van der Waals surface area contributed by atoms with E-state index in [9.17, 15) is 9.59 Å². The predicted molar refractivity (Wildman–Crippen MR) is 154 cm³/mol. The third kappa shape index (κ3) is 36.8. The van der Waals surface area contributed by atoms with Crippen LogP contribution in [0, 0.1) is 0 Å². The molecule has 0 bridgehead atoms.